The van der Waals surface area contributed by atoms with Gasteiger partial charge in [-0.2, -0.15) is 0 Å². The molecule has 266 valence electrons. The number of rotatable bonds is 6. The second-order valence-electron chi connectivity index (χ2n) is 15.2. The molecule has 10 aromatic rings. The van der Waals surface area contributed by atoms with Gasteiger partial charge in [-0.1, -0.05) is 200 Å². The lowest BCUT2D eigenvalue weighted by atomic mass is 9.85. The summed E-state index contributed by atoms with van der Waals surface area (Å²) in [7, 11) is 0. The SMILES string of the molecule is c1ccc(-c2cc(-c3ccccc3)cc(-c3ccc(-c4ccc(-c5c6ccccc6c(-c6ccc7c(c6)Cc6ccccc6-7)c6ccccc56)cc4)cc3)c2)cc1. The summed E-state index contributed by atoms with van der Waals surface area (Å²) in [6, 6.07) is 80.3. The molecule has 0 nitrogen and oxygen atoms in total. The highest BCUT2D eigenvalue weighted by molar-refractivity contribution is 6.21. The van der Waals surface area contributed by atoms with Gasteiger partial charge < -0.3 is 0 Å². The molecule has 0 aliphatic heterocycles. The molecule has 0 heteroatoms. The Bertz CT molecular complexity index is 2980. The van der Waals surface area contributed by atoms with Crippen molar-refractivity contribution in [3.8, 4) is 77.9 Å². The van der Waals surface area contributed by atoms with Crippen LogP contribution in [0, 0.1) is 0 Å². The third-order valence-corrected chi connectivity index (χ3v) is 11.9. The van der Waals surface area contributed by atoms with Gasteiger partial charge in [0.2, 0.25) is 0 Å². The van der Waals surface area contributed by atoms with Gasteiger partial charge in [0.1, 0.15) is 0 Å². The van der Waals surface area contributed by atoms with Crippen LogP contribution >= 0.6 is 0 Å². The van der Waals surface area contributed by atoms with Crippen molar-refractivity contribution in [1.29, 1.82) is 0 Å². The minimum Gasteiger partial charge on any atom is -0.0622 e. The third-order valence-electron chi connectivity index (χ3n) is 11.9. The highest BCUT2D eigenvalue weighted by Crippen LogP contribution is 2.46. The smallest absolute Gasteiger partial charge is 0.00132 e. The van der Waals surface area contributed by atoms with Gasteiger partial charge in [0.15, 0.2) is 0 Å². The van der Waals surface area contributed by atoms with Crippen molar-refractivity contribution in [2.24, 2.45) is 0 Å². The van der Waals surface area contributed by atoms with Crippen LogP contribution in [0.5, 0.6) is 0 Å². The molecule has 0 radical (unpaired) electrons. The molecule has 0 aromatic heterocycles. The highest BCUT2D eigenvalue weighted by Gasteiger charge is 2.21. The molecule has 0 spiro atoms. The zero-order valence-electron chi connectivity index (χ0n) is 31.5. The van der Waals surface area contributed by atoms with Gasteiger partial charge in [0.25, 0.3) is 0 Å². The van der Waals surface area contributed by atoms with E-state index in [0.29, 0.717) is 0 Å². The van der Waals surface area contributed by atoms with Gasteiger partial charge in [0.05, 0.1) is 0 Å². The average Bonchev–Trinajstić information content (AvgIpc) is 3.67. The molecular weight excluding hydrogens is 685 g/mol. The van der Waals surface area contributed by atoms with Gasteiger partial charge >= 0.3 is 0 Å². The standard InChI is InChI=1S/C57H38/c1-3-13-38(14-4-1)46-35-47(39-15-5-2-6-16-39)37-48(36-46)42-25-23-40(24-26-42)41-27-29-43(30-28-41)56-52-19-9-11-21-54(52)57(55-22-12-10-20-53(55)56)45-31-32-51-49(34-45)33-44-17-7-8-18-50(44)51/h1-32,34-37H,33H2. The van der Waals surface area contributed by atoms with Crippen LogP contribution in [0.1, 0.15) is 11.1 Å². The quantitative estimate of drug-likeness (QED) is 0.150. The van der Waals surface area contributed by atoms with Crippen LogP contribution < -0.4 is 0 Å². The zero-order valence-corrected chi connectivity index (χ0v) is 31.5. The predicted molar refractivity (Wildman–Crippen MR) is 242 cm³/mol. The summed E-state index contributed by atoms with van der Waals surface area (Å²) in [6.07, 6.45) is 0.985. The molecule has 0 saturated carbocycles. The molecular formula is C57H38. The van der Waals surface area contributed by atoms with E-state index in [2.05, 4.69) is 218 Å². The lowest BCUT2D eigenvalue weighted by Gasteiger charge is -2.18. The fraction of sp³-hybridized carbons (Fsp3) is 0.0175. The van der Waals surface area contributed by atoms with Crippen molar-refractivity contribution in [3.63, 3.8) is 0 Å². The lowest BCUT2D eigenvalue weighted by Crippen LogP contribution is -1.92. The molecule has 0 fully saturated rings. The Morgan fingerprint density at radius 1 is 0.211 bits per heavy atom. The number of benzene rings is 10. The second kappa shape index (κ2) is 13.8. The number of hydrogen-bond acceptors (Lipinski definition) is 0. The molecule has 0 unspecified atom stereocenters. The van der Waals surface area contributed by atoms with Gasteiger partial charge in [-0.15, -0.1) is 0 Å². The van der Waals surface area contributed by atoms with E-state index >= 15 is 0 Å². The van der Waals surface area contributed by atoms with Crippen molar-refractivity contribution >= 4 is 21.5 Å². The van der Waals surface area contributed by atoms with Gasteiger partial charge in [0, 0.05) is 0 Å². The third kappa shape index (κ3) is 5.86. The van der Waals surface area contributed by atoms with E-state index in [0.717, 1.165) is 6.42 Å². The first kappa shape index (κ1) is 33.1. The molecule has 57 heavy (non-hydrogen) atoms. The fourth-order valence-electron chi connectivity index (χ4n) is 9.12. The summed E-state index contributed by atoms with van der Waals surface area (Å²) in [4.78, 5) is 0. The van der Waals surface area contributed by atoms with Gasteiger partial charge in [-0.25, -0.2) is 0 Å². The first-order chi connectivity index (χ1) is 28.2. The Kier molecular flexibility index (Phi) is 8.00. The van der Waals surface area contributed by atoms with E-state index in [1.54, 1.807) is 0 Å². The average molecular weight is 723 g/mol. The minimum atomic E-state index is 0.985. The summed E-state index contributed by atoms with van der Waals surface area (Å²) in [5, 5.41) is 5.13. The Balaban J connectivity index is 0.957. The summed E-state index contributed by atoms with van der Waals surface area (Å²) in [6.45, 7) is 0. The van der Waals surface area contributed by atoms with Crippen LogP contribution in [0.15, 0.2) is 218 Å². The summed E-state index contributed by atoms with van der Waals surface area (Å²) in [5.41, 5.74) is 20.4. The molecule has 1 aliphatic rings. The monoisotopic (exact) mass is 722 g/mol. The highest BCUT2D eigenvalue weighted by atomic mass is 14.2. The van der Waals surface area contributed by atoms with E-state index in [4.69, 9.17) is 0 Å². The van der Waals surface area contributed by atoms with Crippen molar-refractivity contribution < 1.29 is 0 Å². The van der Waals surface area contributed by atoms with E-state index < -0.39 is 0 Å². The predicted octanol–water partition coefficient (Wildman–Crippen LogP) is 15.6. The molecule has 0 N–H and O–H groups in total. The van der Waals surface area contributed by atoms with Crippen molar-refractivity contribution in [1.82, 2.24) is 0 Å². The normalized spacial score (nSPS) is 11.8. The van der Waals surface area contributed by atoms with E-state index in [1.165, 1.54) is 111 Å². The summed E-state index contributed by atoms with van der Waals surface area (Å²) >= 11 is 0. The van der Waals surface area contributed by atoms with Crippen LogP contribution in [0.3, 0.4) is 0 Å². The van der Waals surface area contributed by atoms with Gasteiger partial charge in [-0.3, -0.25) is 0 Å². The van der Waals surface area contributed by atoms with Crippen LogP contribution in [-0.2, 0) is 6.42 Å². The van der Waals surface area contributed by atoms with Gasteiger partial charge in [-0.05, 0) is 135 Å². The van der Waals surface area contributed by atoms with Crippen molar-refractivity contribution in [3.05, 3.63) is 230 Å². The maximum absolute atomic E-state index is 2.44. The first-order valence-corrected chi connectivity index (χ1v) is 19.9. The number of fused-ring (bicyclic) bond motifs is 5. The van der Waals surface area contributed by atoms with Crippen LogP contribution in [0.4, 0.5) is 0 Å². The Morgan fingerprint density at radius 3 is 1.07 bits per heavy atom. The van der Waals surface area contributed by atoms with Crippen molar-refractivity contribution in [2.45, 2.75) is 6.42 Å². The van der Waals surface area contributed by atoms with E-state index in [9.17, 15) is 0 Å². The Labute approximate surface area is 334 Å². The zero-order chi connectivity index (χ0) is 37.7. The molecule has 0 heterocycles. The number of hydrogen-bond donors (Lipinski definition) is 0. The molecule has 0 saturated heterocycles. The molecule has 11 rings (SSSR count). The maximum atomic E-state index is 2.44. The lowest BCUT2D eigenvalue weighted by molar-refractivity contribution is 1.26. The molecule has 10 aromatic carbocycles. The van der Waals surface area contributed by atoms with E-state index in [-0.39, 0.29) is 0 Å². The molecule has 0 bridgehead atoms. The van der Waals surface area contributed by atoms with Crippen LogP contribution in [0.25, 0.3) is 99.4 Å². The maximum Gasteiger partial charge on any atom is -0.00132 e. The van der Waals surface area contributed by atoms with Crippen LogP contribution in [0.2, 0.25) is 0 Å². The first-order valence-electron chi connectivity index (χ1n) is 19.9. The summed E-state index contributed by atoms with van der Waals surface area (Å²) in [5.74, 6) is 0. The summed E-state index contributed by atoms with van der Waals surface area (Å²) < 4.78 is 0. The fourth-order valence-corrected chi connectivity index (χ4v) is 9.12. The topological polar surface area (TPSA) is 0 Å². The second-order valence-corrected chi connectivity index (χ2v) is 15.2. The van der Waals surface area contributed by atoms with Crippen molar-refractivity contribution in [2.75, 3.05) is 0 Å². The largest absolute Gasteiger partial charge is 0.0622 e. The molecule has 0 atom stereocenters. The Morgan fingerprint density at radius 2 is 0.561 bits per heavy atom. The van der Waals surface area contributed by atoms with E-state index in [1.807, 2.05) is 0 Å². The Hall–Kier alpha value is -7.28. The minimum absolute atomic E-state index is 0.985. The van der Waals surface area contributed by atoms with Crippen LogP contribution in [-0.4, -0.2) is 0 Å². The molecule has 1 aliphatic carbocycles. The molecule has 0 amide bonds.